The van der Waals surface area contributed by atoms with Crippen LogP contribution in [0.1, 0.15) is 35.6 Å². The Morgan fingerprint density at radius 3 is 2.70 bits per heavy atom. The molecule has 1 aromatic heterocycles. The average molecular weight is 379 g/mol. The number of hydrogen-bond acceptors (Lipinski definition) is 4. The van der Waals surface area contributed by atoms with Gasteiger partial charge in [0.1, 0.15) is 0 Å². The smallest absolute Gasteiger partial charge is 0.0642 e. The van der Waals surface area contributed by atoms with Gasteiger partial charge in [0.05, 0.1) is 13.2 Å². The zero-order chi connectivity index (χ0) is 18.4. The third kappa shape index (κ3) is 3.06. The fourth-order valence-corrected chi connectivity index (χ4v) is 5.35. The molecule has 3 heterocycles. The number of nitrogens with zero attached hydrogens (tertiary/aromatic N) is 2. The Morgan fingerprint density at radius 2 is 1.85 bits per heavy atom. The van der Waals surface area contributed by atoms with Crippen LogP contribution in [0.15, 0.2) is 47.8 Å². The second-order valence-corrected chi connectivity index (χ2v) is 8.75. The lowest BCUT2D eigenvalue weighted by atomic mass is 9.81. The van der Waals surface area contributed by atoms with E-state index in [9.17, 15) is 0 Å². The molecule has 0 spiro atoms. The topological polar surface area (TPSA) is 15.7 Å². The highest BCUT2D eigenvalue weighted by atomic mass is 32.1. The molecule has 2 aromatic carbocycles. The Balaban J connectivity index is 1.56. The molecule has 3 aromatic rings. The van der Waals surface area contributed by atoms with Crippen LogP contribution in [-0.2, 0) is 4.74 Å². The third-order valence-corrected chi connectivity index (χ3v) is 7.17. The number of rotatable bonds is 2. The van der Waals surface area contributed by atoms with Gasteiger partial charge in [-0.2, -0.15) is 0 Å². The lowest BCUT2D eigenvalue weighted by molar-refractivity contribution is 0.122. The van der Waals surface area contributed by atoms with Crippen molar-refractivity contribution in [1.82, 2.24) is 4.90 Å². The van der Waals surface area contributed by atoms with E-state index in [1.807, 2.05) is 11.3 Å². The van der Waals surface area contributed by atoms with E-state index in [1.54, 1.807) is 0 Å². The van der Waals surface area contributed by atoms with Gasteiger partial charge in [0.25, 0.3) is 0 Å². The maximum Gasteiger partial charge on any atom is 0.0642 e. The molecule has 2 aliphatic rings. The van der Waals surface area contributed by atoms with Crippen LogP contribution in [-0.4, -0.2) is 44.8 Å². The summed E-state index contributed by atoms with van der Waals surface area (Å²) >= 11 is 1.84. The van der Waals surface area contributed by atoms with Crippen LogP contribution < -0.4 is 4.90 Å². The molecule has 2 atom stereocenters. The van der Waals surface area contributed by atoms with Gasteiger partial charge in [-0.15, -0.1) is 11.3 Å². The van der Waals surface area contributed by atoms with Crippen LogP contribution in [0.3, 0.4) is 0 Å². The van der Waals surface area contributed by atoms with E-state index in [0.717, 1.165) is 32.8 Å². The molecule has 3 nitrogen and oxygen atoms in total. The Bertz CT molecular complexity index is 960. The van der Waals surface area contributed by atoms with Crippen molar-refractivity contribution < 1.29 is 4.74 Å². The summed E-state index contributed by atoms with van der Waals surface area (Å²) in [5.74, 6) is 0.437. The summed E-state index contributed by atoms with van der Waals surface area (Å²) in [6.45, 7) is 7.04. The van der Waals surface area contributed by atoms with Gasteiger partial charge in [-0.3, -0.25) is 4.90 Å². The van der Waals surface area contributed by atoms with Gasteiger partial charge in [0, 0.05) is 42.0 Å². The van der Waals surface area contributed by atoms with Crippen molar-refractivity contribution in [2.45, 2.75) is 18.9 Å². The molecule has 0 radical (unpaired) electrons. The van der Waals surface area contributed by atoms with E-state index in [4.69, 9.17) is 4.74 Å². The molecule has 27 heavy (non-hydrogen) atoms. The highest BCUT2D eigenvalue weighted by Crippen LogP contribution is 2.41. The predicted molar refractivity (Wildman–Crippen MR) is 114 cm³/mol. The number of morpholine rings is 1. The monoisotopic (exact) mass is 378 g/mol. The zero-order valence-electron chi connectivity index (χ0n) is 16.0. The first-order valence-electron chi connectivity index (χ1n) is 9.84. The van der Waals surface area contributed by atoms with Crippen molar-refractivity contribution in [3.63, 3.8) is 0 Å². The summed E-state index contributed by atoms with van der Waals surface area (Å²) in [7, 11) is 2.26. The van der Waals surface area contributed by atoms with Gasteiger partial charge in [-0.25, -0.2) is 0 Å². The number of thiophene rings is 1. The molecule has 140 valence electrons. The number of ether oxygens (including phenoxy) is 1. The van der Waals surface area contributed by atoms with Crippen LogP contribution in [0.2, 0.25) is 0 Å². The molecule has 2 unspecified atom stereocenters. The van der Waals surface area contributed by atoms with E-state index < -0.39 is 0 Å². The van der Waals surface area contributed by atoms with Crippen molar-refractivity contribution in [2.75, 3.05) is 44.8 Å². The van der Waals surface area contributed by atoms with Crippen molar-refractivity contribution in [1.29, 1.82) is 0 Å². The maximum atomic E-state index is 5.53. The van der Waals surface area contributed by atoms with Crippen LogP contribution in [0.4, 0.5) is 5.69 Å². The highest BCUT2D eigenvalue weighted by molar-refractivity contribution is 7.17. The minimum absolute atomic E-state index is 0.437. The predicted octanol–water partition coefficient (Wildman–Crippen LogP) is 4.88. The molecular formula is C23H26N2OS. The first kappa shape index (κ1) is 17.2. The molecule has 0 N–H and O–H groups in total. The quantitative estimate of drug-likeness (QED) is 0.632. The zero-order valence-corrected chi connectivity index (χ0v) is 16.8. The van der Waals surface area contributed by atoms with E-state index in [2.05, 4.69) is 71.6 Å². The molecule has 1 fully saturated rings. The molecule has 2 aliphatic heterocycles. The van der Waals surface area contributed by atoms with Gasteiger partial charge in [0.2, 0.25) is 0 Å². The summed E-state index contributed by atoms with van der Waals surface area (Å²) < 4.78 is 6.92. The van der Waals surface area contributed by atoms with Gasteiger partial charge in [0.15, 0.2) is 0 Å². The van der Waals surface area contributed by atoms with Crippen LogP contribution in [0.25, 0.3) is 10.1 Å². The van der Waals surface area contributed by atoms with Gasteiger partial charge in [-0.05, 0) is 65.7 Å². The Morgan fingerprint density at radius 1 is 1.00 bits per heavy atom. The minimum Gasteiger partial charge on any atom is -0.378 e. The Labute approximate surface area is 165 Å². The molecule has 4 heteroatoms. The van der Waals surface area contributed by atoms with Gasteiger partial charge in [-0.1, -0.05) is 18.2 Å². The second-order valence-electron chi connectivity index (χ2n) is 7.80. The van der Waals surface area contributed by atoms with Crippen molar-refractivity contribution in [2.24, 2.45) is 0 Å². The summed E-state index contributed by atoms with van der Waals surface area (Å²) in [4.78, 5) is 4.95. The number of hydrogen-bond donors (Lipinski definition) is 0. The molecular weight excluding hydrogens is 352 g/mol. The Hall–Kier alpha value is -1.88. The van der Waals surface area contributed by atoms with Crippen LogP contribution in [0, 0.1) is 0 Å². The number of benzene rings is 2. The third-order valence-electron chi connectivity index (χ3n) is 6.29. The van der Waals surface area contributed by atoms with Crippen molar-refractivity contribution >= 4 is 27.1 Å². The average Bonchev–Trinajstić information content (AvgIpc) is 3.19. The molecule has 5 rings (SSSR count). The fraction of sp³-hybridized carbons (Fsp3) is 0.391. The molecule has 0 saturated carbocycles. The minimum atomic E-state index is 0.437. The van der Waals surface area contributed by atoms with Crippen LogP contribution >= 0.6 is 11.3 Å². The van der Waals surface area contributed by atoms with Crippen LogP contribution in [0.5, 0.6) is 0 Å². The highest BCUT2D eigenvalue weighted by Gasteiger charge is 2.30. The summed E-state index contributed by atoms with van der Waals surface area (Å²) in [6, 6.07) is 16.8. The van der Waals surface area contributed by atoms with E-state index in [1.165, 1.54) is 32.5 Å². The number of anilines is 1. The van der Waals surface area contributed by atoms with Crippen molar-refractivity contribution in [3.8, 4) is 0 Å². The standard InChI is InChI=1S/C23H26N2OS/c1-16-21-14-19(25-8-10-26-11-9-25)5-6-20(21)22(15-24(16)2)18-4-3-17-7-12-27-23(17)13-18/h3-7,12-14,16,22H,8-11,15H2,1-2H3. The normalized spacial score (nSPS) is 23.6. The Kier molecular flexibility index (Phi) is 4.43. The molecule has 0 bridgehead atoms. The van der Waals surface area contributed by atoms with Gasteiger partial charge < -0.3 is 9.64 Å². The summed E-state index contributed by atoms with van der Waals surface area (Å²) in [5.41, 5.74) is 5.74. The first-order chi connectivity index (χ1) is 13.2. The maximum absolute atomic E-state index is 5.53. The van der Waals surface area contributed by atoms with E-state index >= 15 is 0 Å². The van der Waals surface area contributed by atoms with Crippen molar-refractivity contribution in [3.05, 3.63) is 64.5 Å². The summed E-state index contributed by atoms with van der Waals surface area (Å²) in [5, 5.41) is 3.54. The molecule has 0 amide bonds. The van der Waals surface area contributed by atoms with Gasteiger partial charge >= 0.3 is 0 Å². The molecule has 0 aliphatic carbocycles. The number of fused-ring (bicyclic) bond motifs is 2. The second kappa shape index (κ2) is 6.93. The lowest BCUT2D eigenvalue weighted by Crippen LogP contribution is -2.37. The van der Waals surface area contributed by atoms with E-state index in [0.29, 0.717) is 12.0 Å². The summed E-state index contributed by atoms with van der Waals surface area (Å²) in [6.07, 6.45) is 0. The first-order valence-corrected chi connectivity index (χ1v) is 10.7. The largest absolute Gasteiger partial charge is 0.378 e. The fourth-order valence-electron chi connectivity index (χ4n) is 4.51. The van der Waals surface area contributed by atoms with E-state index in [-0.39, 0.29) is 0 Å². The SMILES string of the molecule is CC1c2cc(N3CCOCC3)ccc2C(c2ccc3ccsc3c2)CN1C. The number of likely N-dealkylation sites (N-methyl/N-ethyl adjacent to an activating group) is 1. The molecule has 1 saturated heterocycles. The lowest BCUT2D eigenvalue weighted by Gasteiger charge is -2.39.